The van der Waals surface area contributed by atoms with Crippen LogP contribution in [-0.4, -0.2) is 16.7 Å². The summed E-state index contributed by atoms with van der Waals surface area (Å²) in [5, 5.41) is 5.90. The summed E-state index contributed by atoms with van der Waals surface area (Å²) in [6, 6.07) is 16.3. The number of anilines is 2. The summed E-state index contributed by atoms with van der Waals surface area (Å²) in [6.45, 7) is 2.01. The second kappa shape index (κ2) is 8.23. The molecule has 0 spiro atoms. The average molecular weight is 363 g/mol. The molecule has 27 heavy (non-hydrogen) atoms. The lowest BCUT2D eigenvalue weighted by Gasteiger charge is -2.08. The highest BCUT2D eigenvalue weighted by Gasteiger charge is 2.08. The van der Waals surface area contributed by atoms with E-state index < -0.39 is 0 Å². The lowest BCUT2D eigenvalue weighted by atomic mass is 10.1. The molecule has 0 unspecified atom stereocenters. The molecule has 2 aromatic carbocycles. The van der Waals surface area contributed by atoms with Gasteiger partial charge < -0.3 is 10.6 Å². The van der Waals surface area contributed by atoms with Crippen molar-refractivity contribution in [3.63, 3.8) is 0 Å². The number of nitrogens with one attached hydrogen (secondary N) is 2. The summed E-state index contributed by atoms with van der Waals surface area (Å²) >= 11 is 0. The first kappa shape index (κ1) is 18.3. The topological polar surface area (TPSA) is 71.1 Å². The van der Waals surface area contributed by atoms with E-state index in [2.05, 4.69) is 15.6 Å². The van der Waals surface area contributed by atoms with Gasteiger partial charge in [0.25, 0.3) is 5.91 Å². The van der Waals surface area contributed by atoms with Crippen LogP contribution in [-0.2, 0) is 6.54 Å². The number of aromatic nitrogens is 1. The van der Waals surface area contributed by atoms with Gasteiger partial charge in [0.15, 0.2) is 5.78 Å². The second-order valence-electron chi connectivity index (χ2n) is 6.00. The van der Waals surface area contributed by atoms with Crippen molar-refractivity contribution in [3.8, 4) is 0 Å². The van der Waals surface area contributed by atoms with Gasteiger partial charge in [0.05, 0.1) is 11.9 Å². The molecule has 0 saturated carbocycles. The minimum absolute atomic E-state index is 0.0294. The van der Waals surface area contributed by atoms with Gasteiger partial charge in [-0.25, -0.2) is 9.37 Å². The molecule has 6 heteroatoms. The first-order valence-electron chi connectivity index (χ1n) is 8.38. The minimum Gasteiger partial charge on any atom is -0.380 e. The number of rotatable bonds is 6. The standard InChI is InChI=1S/C21H18FN3O2/c1-14(26)16-4-8-18(9-5-16)25-21(27)20-11-10-19(13-24-20)23-12-15-2-6-17(22)7-3-15/h2-11,13,23H,12H2,1H3,(H,25,27). The Bertz CT molecular complexity index is 937. The number of carbonyl (C=O) groups excluding carboxylic acids is 2. The minimum atomic E-state index is -0.337. The Hall–Kier alpha value is -3.54. The molecule has 1 heterocycles. The number of pyridine rings is 1. The monoisotopic (exact) mass is 363 g/mol. The molecule has 5 nitrogen and oxygen atoms in total. The molecule has 136 valence electrons. The van der Waals surface area contributed by atoms with Crippen LogP contribution in [0.1, 0.15) is 33.3 Å². The van der Waals surface area contributed by atoms with E-state index in [0.29, 0.717) is 17.8 Å². The zero-order chi connectivity index (χ0) is 19.2. The molecular weight excluding hydrogens is 345 g/mol. The molecule has 0 radical (unpaired) electrons. The van der Waals surface area contributed by atoms with Crippen molar-refractivity contribution in [2.75, 3.05) is 10.6 Å². The highest BCUT2D eigenvalue weighted by molar-refractivity contribution is 6.03. The Balaban J connectivity index is 1.58. The fourth-order valence-corrected chi connectivity index (χ4v) is 2.42. The quantitative estimate of drug-likeness (QED) is 0.641. The van der Waals surface area contributed by atoms with Crippen molar-refractivity contribution >= 4 is 23.1 Å². The Kier molecular flexibility index (Phi) is 5.56. The van der Waals surface area contributed by atoms with Crippen molar-refractivity contribution in [2.24, 2.45) is 0 Å². The van der Waals surface area contributed by atoms with E-state index in [1.165, 1.54) is 19.1 Å². The third-order valence-electron chi connectivity index (χ3n) is 3.96. The number of Topliss-reactive ketones (excluding diaryl/α,β-unsaturated/α-hetero) is 1. The van der Waals surface area contributed by atoms with E-state index in [1.807, 2.05) is 0 Å². The maximum Gasteiger partial charge on any atom is 0.274 e. The number of amides is 1. The molecule has 0 atom stereocenters. The van der Waals surface area contributed by atoms with Crippen LogP contribution in [0.5, 0.6) is 0 Å². The predicted octanol–water partition coefficient (Wildman–Crippen LogP) is 4.29. The molecule has 0 aliphatic carbocycles. The molecular formula is C21H18FN3O2. The number of carbonyl (C=O) groups is 2. The largest absolute Gasteiger partial charge is 0.380 e. The molecule has 0 aliphatic rings. The van der Waals surface area contributed by atoms with Gasteiger partial charge in [-0.1, -0.05) is 12.1 Å². The molecule has 0 fully saturated rings. The zero-order valence-corrected chi connectivity index (χ0v) is 14.7. The average Bonchev–Trinajstić information content (AvgIpc) is 2.68. The molecule has 0 bridgehead atoms. The van der Waals surface area contributed by atoms with Crippen molar-refractivity contribution in [1.29, 1.82) is 0 Å². The molecule has 3 aromatic rings. The number of halogens is 1. The SMILES string of the molecule is CC(=O)c1ccc(NC(=O)c2ccc(NCc3ccc(F)cc3)cn2)cc1. The summed E-state index contributed by atoms with van der Waals surface area (Å²) in [5.41, 5.74) is 3.14. The van der Waals surface area contributed by atoms with E-state index in [9.17, 15) is 14.0 Å². The molecule has 0 aliphatic heterocycles. The predicted molar refractivity (Wildman–Crippen MR) is 102 cm³/mol. The van der Waals surface area contributed by atoms with Crippen LogP contribution >= 0.6 is 0 Å². The summed E-state index contributed by atoms with van der Waals surface area (Å²) < 4.78 is 12.9. The smallest absolute Gasteiger partial charge is 0.274 e. The van der Waals surface area contributed by atoms with Gasteiger partial charge in [0.2, 0.25) is 0 Å². The van der Waals surface area contributed by atoms with Gasteiger partial charge in [0.1, 0.15) is 11.5 Å². The van der Waals surface area contributed by atoms with Crippen molar-refractivity contribution in [2.45, 2.75) is 13.5 Å². The van der Waals surface area contributed by atoms with E-state index in [1.54, 1.807) is 54.7 Å². The number of ketones is 1. The van der Waals surface area contributed by atoms with Gasteiger partial charge >= 0.3 is 0 Å². The Morgan fingerprint density at radius 2 is 1.59 bits per heavy atom. The first-order valence-corrected chi connectivity index (χ1v) is 8.38. The Morgan fingerprint density at radius 3 is 2.19 bits per heavy atom. The third kappa shape index (κ3) is 4.98. The maximum atomic E-state index is 12.9. The van der Waals surface area contributed by atoms with Crippen molar-refractivity contribution in [1.82, 2.24) is 4.98 Å². The number of hydrogen-bond donors (Lipinski definition) is 2. The van der Waals surface area contributed by atoms with Crippen LogP contribution < -0.4 is 10.6 Å². The Morgan fingerprint density at radius 1 is 0.926 bits per heavy atom. The highest BCUT2D eigenvalue weighted by Crippen LogP contribution is 2.13. The van der Waals surface area contributed by atoms with E-state index in [0.717, 1.165) is 11.3 Å². The fourth-order valence-electron chi connectivity index (χ4n) is 2.42. The third-order valence-corrected chi connectivity index (χ3v) is 3.96. The molecule has 2 N–H and O–H groups in total. The number of benzene rings is 2. The van der Waals surface area contributed by atoms with Crippen LogP contribution in [0.2, 0.25) is 0 Å². The van der Waals surface area contributed by atoms with Gasteiger partial charge in [-0.05, 0) is 61.0 Å². The summed E-state index contributed by atoms with van der Waals surface area (Å²) in [6.07, 6.45) is 1.57. The fraction of sp³-hybridized carbons (Fsp3) is 0.0952. The second-order valence-corrected chi connectivity index (χ2v) is 6.00. The molecule has 1 aromatic heterocycles. The Labute approximate surface area is 156 Å². The first-order chi connectivity index (χ1) is 13.0. The van der Waals surface area contributed by atoms with Crippen molar-refractivity contribution in [3.05, 3.63) is 89.5 Å². The van der Waals surface area contributed by atoms with E-state index in [-0.39, 0.29) is 23.2 Å². The van der Waals surface area contributed by atoms with Gasteiger partial charge in [-0.3, -0.25) is 9.59 Å². The lowest BCUT2D eigenvalue weighted by Crippen LogP contribution is -2.13. The number of hydrogen-bond acceptors (Lipinski definition) is 4. The highest BCUT2D eigenvalue weighted by atomic mass is 19.1. The molecule has 3 rings (SSSR count). The van der Waals surface area contributed by atoms with E-state index in [4.69, 9.17) is 0 Å². The van der Waals surface area contributed by atoms with Gasteiger partial charge in [-0.15, -0.1) is 0 Å². The maximum absolute atomic E-state index is 12.9. The summed E-state index contributed by atoms with van der Waals surface area (Å²) in [4.78, 5) is 27.7. The van der Waals surface area contributed by atoms with Gasteiger partial charge in [0, 0.05) is 17.8 Å². The zero-order valence-electron chi connectivity index (χ0n) is 14.7. The van der Waals surface area contributed by atoms with Crippen molar-refractivity contribution < 1.29 is 14.0 Å². The van der Waals surface area contributed by atoms with Gasteiger partial charge in [-0.2, -0.15) is 0 Å². The normalized spacial score (nSPS) is 10.3. The summed E-state index contributed by atoms with van der Waals surface area (Å²) in [7, 11) is 0. The van der Waals surface area contributed by atoms with Crippen LogP contribution in [0.4, 0.5) is 15.8 Å². The van der Waals surface area contributed by atoms with Crippen LogP contribution in [0, 0.1) is 5.82 Å². The summed E-state index contributed by atoms with van der Waals surface area (Å²) in [5.74, 6) is -0.638. The van der Waals surface area contributed by atoms with Crippen LogP contribution in [0.25, 0.3) is 0 Å². The van der Waals surface area contributed by atoms with Crippen LogP contribution in [0.3, 0.4) is 0 Å². The van der Waals surface area contributed by atoms with Crippen LogP contribution in [0.15, 0.2) is 66.9 Å². The molecule has 1 amide bonds. The lowest BCUT2D eigenvalue weighted by molar-refractivity contribution is 0.101. The number of nitrogens with zero attached hydrogens (tertiary/aromatic N) is 1. The van der Waals surface area contributed by atoms with E-state index >= 15 is 0 Å². The molecule has 0 saturated heterocycles.